The monoisotopic (exact) mass is 532 g/mol. The van der Waals surface area contributed by atoms with Gasteiger partial charge in [-0.05, 0) is 87.0 Å². The Balaban J connectivity index is 1.41. The molecule has 1 amide bonds. The Kier molecular flexibility index (Phi) is 6.59. The molecule has 210 valence electrons. The third-order valence-electron chi connectivity index (χ3n) is 10.0. The molecule has 1 spiro atoms. The van der Waals surface area contributed by atoms with Crippen molar-refractivity contribution in [3.8, 4) is 17.0 Å². The Bertz CT molecular complexity index is 1270. The molecule has 0 atom stereocenters. The zero-order chi connectivity index (χ0) is 27.5. The maximum Gasteiger partial charge on any atom is 0.306 e. The molecule has 6 heteroatoms. The lowest BCUT2D eigenvalue weighted by Crippen LogP contribution is -2.46. The largest absolute Gasteiger partial charge is 0.493 e. The van der Waals surface area contributed by atoms with Crippen LogP contribution in [0.25, 0.3) is 11.3 Å². The minimum Gasteiger partial charge on any atom is -0.493 e. The second kappa shape index (κ2) is 9.71. The number of ether oxygens (including phenoxy) is 1. The highest BCUT2D eigenvalue weighted by molar-refractivity contribution is 5.97. The van der Waals surface area contributed by atoms with Crippen molar-refractivity contribution in [2.75, 3.05) is 6.61 Å². The molecule has 2 heterocycles. The van der Waals surface area contributed by atoms with Gasteiger partial charge in [-0.15, -0.1) is 0 Å². The molecule has 6 nitrogen and oxygen atoms in total. The first-order valence-electron chi connectivity index (χ1n) is 15.1. The summed E-state index contributed by atoms with van der Waals surface area (Å²) < 4.78 is 8.75. The molecule has 4 aliphatic rings. The van der Waals surface area contributed by atoms with Crippen molar-refractivity contribution >= 4 is 11.9 Å². The molecule has 0 saturated heterocycles. The van der Waals surface area contributed by atoms with E-state index in [0.717, 1.165) is 36.7 Å². The highest BCUT2D eigenvalue weighted by Crippen LogP contribution is 2.58. The van der Waals surface area contributed by atoms with Crippen LogP contribution in [0.1, 0.15) is 112 Å². The molecule has 6 rings (SSSR count). The summed E-state index contributed by atoms with van der Waals surface area (Å²) in [5.74, 6) is 0.525. The predicted molar refractivity (Wildman–Crippen MR) is 153 cm³/mol. The predicted octanol–water partition coefficient (Wildman–Crippen LogP) is 6.75. The number of hydrogen-bond acceptors (Lipinski definition) is 3. The van der Waals surface area contributed by atoms with Gasteiger partial charge < -0.3 is 19.7 Å². The molecule has 1 aromatic heterocycles. The van der Waals surface area contributed by atoms with Crippen LogP contribution in [0, 0.1) is 18.8 Å². The fourth-order valence-electron chi connectivity index (χ4n) is 7.21. The van der Waals surface area contributed by atoms with Gasteiger partial charge >= 0.3 is 5.97 Å². The number of carbonyl (C=O) groups is 2. The molecule has 39 heavy (non-hydrogen) atoms. The van der Waals surface area contributed by atoms with Crippen LogP contribution < -0.4 is 10.1 Å². The zero-order valence-electron chi connectivity index (χ0n) is 24.1. The molecule has 3 aliphatic carbocycles. The Hall–Kier alpha value is -2.76. The number of nitrogens with one attached hydrogen (secondary N) is 1. The number of hydrogen-bond donors (Lipinski definition) is 2. The summed E-state index contributed by atoms with van der Waals surface area (Å²) in [5.41, 5.74) is 6.84. The Morgan fingerprint density at radius 2 is 1.79 bits per heavy atom. The lowest BCUT2D eigenvalue weighted by Gasteiger charge is -2.33. The fraction of sp³-hybridized carbons (Fsp3) is 0.636. The number of benzene rings is 1. The van der Waals surface area contributed by atoms with Gasteiger partial charge in [-0.3, -0.25) is 9.59 Å². The number of aliphatic carboxylic acids is 1. The highest BCUT2D eigenvalue weighted by atomic mass is 16.5. The number of fused-ring (bicyclic) bond motifs is 2. The maximum absolute atomic E-state index is 13.5. The number of aromatic nitrogens is 1. The van der Waals surface area contributed by atoms with Crippen molar-refractivity contribution in [3.05, 3.63) is 40.6 Å². The van der Waals surface area contributed by atoms with E-state index in [0.29, 0.717) is 24.3 Å². The van der Waals surface area contributed by atoms with Crippen LogP contribution in [0.2, 0.25) is 0 Å². The highest BCUT2D eigenvalue weighted by Gasteiger charge is 2.49. The summed E-state index contributed by atoms with van der Waals surface area (Å²) in [6, 6.07) is 6.72. The van der Waals surface area contributed by atoms with Crippen LogP contribution in [-0.4, -0.2) is 34.2 Å². The number of rotatable bonds is 6. The lowest BCUT2D eigenvalue weighted by atomic mass is 9.79. The number of carboxylic acids is 1. The van der Waals surface area contributed by atoms with E-state index in [4.69, 9.17) is 4.74 Å². The standard InChI is InChI=1S/C33H44N2O4/c1-20-25(30(36)34-24-14-23(15-24)31(37)38)18-28(35(20)19-21-8-6-5-7-9-21)22-16-26(32(2,3)4)29-27(17-22)33(10-11-33)12-13-39-29/h16-18,21,23-24H,5-15,19H2,1-4H3,(H,34,36)(H,37,38). The third kappa shape index (κ3) is 4.89. The van der Waals surface area contributed by atoms with Crippen LogP contribution in [0.15, 0.2) is 18.2 Å². The summed E-state index contributed by atoms with van der Waals surface area (Å²) >= 11 is 0. The van der Waals surface area contributed by atoms with Gasteiger partial charge in [0.05, 0.1) is 18.1 Å². The minimum atomic E-state index is -0.767. The number of nitrogens with zero attached hydrogens (tertiary/aromatic N) is 1. The first kappa shape index (κ1) is 26.5. The number of carboxylic acid groups (broad SMARTS) is 1. The normalized spacial score (nSPS) is 24.0. The number of carbonyl (C=O) groups excluding carboxylic acids is 1. The van der Waals surface area contributed by atoms with Crippen LogP contribution in [0.3, 0.4) is 0 Å². The van der Waals surface area contributed by atoms with Crippen LogP contribution in [0.4, 0.5) is 0 Å². The van der Waals surface area contributed by atoms with Crippen molar-refractivity contribution in [1.82, 2.24) is 9.88 Å². The van der Waals surface area contributed by atoms with E-state index in [-0.39, 0.29) is 28.7 Å². The maximum atomic E-state index is 13.5. The van der Waals surface area contributed by atoms with Gasteiger partial charge in [0.2, 0.25) is 0 Å². The third-order valence-corrected chi connectivity index (χ3v) is 10.0. The molecule has 0 bridgehead atoms. The van der Waals surface area contributed by atoms with Crippen molar-refractivity contribution < 1.29 is 19.4 Å². The van der Waals surface area contributed by atoms with E-state index in [1.807, 2.05) is 0 Å². The zero-order valence-corrected chi connectivity index (χ0v) is 24.1. The molecular formula is C33H44N2O4. The first-order chi connectivity index (χ1) is 18.6. The summed E-state index contributed by atoms with van der Waals surface area (Å²) in [5, 5.41) is 12.4. The molecule has 3 fully saturated rings. The lowest BCUT2D eigenvalue weighted by molar-refractivity contribution is -0.145. The van der Waals surface area contributed by atoms with Gasteiger partial charge in [0, 0.05) is 40.5 Å². The Morgan fingerprint density at radius 1 is 1.08 bits per heavy atom. The number of amides is 1. The summed E-state index contributed by atoms with van der Waals surface area (Å²) in [7, 11) is 0. The smallest absolute Gasteiger partial charge is 0.306 e. The molecule has 2 aromatic rings. The Labute approximate surface area is 232 Å². The molecule has 3 saturated carbocycles. The van der Waals surface area contributed by atoms with Crippen molar-refractivity contribution in [3.63, 3.8) is 0 Å². The van der Waals surface area contributed by atoms with Crippen LogP contribution in [0.5, 0.6) is 5.75 Å². The van der Waals surface area contributed by atoms with Gasteiger partial charge in [-0.1, -0.05) is 40.0 Å². The molecule has 1 aromatic carbocycles. The molecule has 0 unspecified atom stereocenters. The van der Waals surface area contributed by atoms with Crippen LogP contribution in [-0.2, 0) is 22.2 Å². The van der Waals surface area contributed by atoms with E-state index in [2.05, 4.69) is 55.8 Å². The average molecular weight is 533 g/mol. The van der Waals surface area contributed by atoms with E-state index in [9.17, 15) is 14.7 Å². The van der Waals surface area contributed by atoms with E-state index in [1.54, 1.807) is 0 Å². The van der Waals surface area contributed by atoms with E-state index in [1.165, 1.54) is 61.6 Å². The molecular weight excluding hydrogens is 488 g/mol. The quantitative estimate of drug-likeness (QED) is 0.431. The van der Waals surface area contributed by atoms with Gasteiger partial charge in [0.1, 0.15) is 5.75 Å². The second-order valence-electron chi connectivity index (χ2n) is 13.8. The second-order valence-corrected chi connectivity index (χ2v) is 13.8. The average Bonchev–Trinajstić information content (AvgIpc) is 3.57. The van der Waals surface area contributed by atoms with E-state index >= 15 is 0 Å². The van der Waals surface area contributed by atoms with Gasteiger partial charge in [0.25, 0.3) is 5.91 Å². The van der Waals surface area contributed by atoms with E-state index < -0.39 is 5.97 Å². The molecule has 2 N–H and O–H groups in total. The van der Waals surface area contributed by atoms with Gasteiger partial charge in [-0.25, -0.2) is 0 Å². The van der Waals surface area contributed by atoms with Crippen LogP contribution >= 0.6 is 0 Å². The molecule has 0 radical (unpaired) electrons. The van der Waals surface area contributed by atoms with Gasteiger partial charge in [-0.2, -0.15) is 0 Å². The summed E-state index contributed by atoms with van der Waals surface area (Å²) in [6.07, 6.45) is 10.9. The summed E-state index contributed by atoms with van der Waals surface area (Å²) in [6.45, 7) is 10.6. The topological polar surface area (TPSA) is 80.6 Å². The fourth-order valence-corrected chi connectivity index (χ4v) is 7.21. The summed E-state index contributed by atoms with van der Waals surface area (Å²) in [4.78, 5) is 24.8. The molecule has 1 aliphatic heterocycles. The van der Waals surface area contributed by atoms with Crippen molar-refractivity contribution in [2.24, 2.45) is 11.8 Å². The van der Waals surface area contributed by atoms with Crippen molar-refractivity contribution in [2.45, 2.75) is 115 Å². The Morgan fingerprint density at radius 3 is 2.44 bits per heavy atom. The SMILES string of the molecule is Cc1c(C(=O)NC2CC(C(=O)O)C2)cc(-c2cc(C(C)(C)C)c3c(c2)C2(CCO3)CC2)n1CC1CCCCC1. The van der Waals surface area contributed by atoms with Gasteiger partial charge in [0.15, 0.2) is 0 Å². The van der Waals surface area contributed by atoms with Crippen molar-refractivity contribution in [1.29, 1.82) is 0 Å². The first-order valence-corrected chi connectivity index (χ1v) is 15.1. The minimum absolute atomic E-state index is 0.0611.